The molecule has 2 aliphatic rings. The standard InChI is InChI=1S/C21H34O2/c1-14(2)21(23)10-9-20(6)17(5)11-16(4)13-18(22)12-15(3)7-8-19(20)21/h11-12,14,17,19,23H,7-10,13H2,1-6H3/b15-12+,16-11+/t17?,19-,20-,21-/m0/s1. The van der Waals surface area contributed by atoms with Crippen LogP contribution in [-0.4, -0.2) is 16.5 Å². The molecule has 1 unspecified atom stereocenters. The van der Waals surface area contributed by atoms with Gasteiger partial charge in [-0.15, -0.1) is 0 Å². The third-order valence-corrected chi connectivity index (χ3v) is 6.73. The van der Waals surface area contributed by atoms with Crippen LogP contribution in [0.2, 0.25) is 0 Å². The Hall–Kier alpha value is -0.890. The summed E-state index contributed by atoms with van der Waals surface area (Å²) in [5, 5.41) is 11.4. The van der Waals surface area contributed by atoms with Gasteiger partial charge in [0.1, 0.15) is 0 Å². The summed E-state index contributed by atoms with van der Waals surface area (Å²) in [6.45, 7) is 13.0. The van der Waals surface area contributed by atoms with Crippen LogP contribution in [0.5, 0.6) is 0 Å². The molecule has 1 saturated carbocycles. The molecule has 1 fully saturated rings. The fourth-order valence-corrected chi connectivity index (χ4v) is 4.93. The largest absolute Gasteiger partial charge is 0.389 e. The molecule has 0 spiro atoms. The summed E-state index contributed by atoms with van der Waals surface area (Å²) in [6, 6.07) is 0. The van der Waals surface area contributed by atoms with Gasteiger partial charge in [-0.1, -0.05) is 44.9 Å². The van der Waals surface area contributed by atoms with Crippen LogP contribution in [0.15, 0.2) is 23.3 Å². The Kier molecular flexibility index (Phi) is 5.25. The summed E-state index contributed by atoms with van der Waals surface area (Å²) in [5.41, 5.74) is 1.84. The first-order valence-corrected chi connectivity index (χ1v) is 9.19. The molecule has 2 aliphatic carbocycles. The maximum absolute atomic E-state index is 12.1. The number of hydrogen-bond donors (Lipinski definition) is 1. The zero-order valence-electron chi connectivity index (χ0n) is 15.8. The molecule has 2 nitrogen and oxygen atoms in total. The van der Waals surface area contributed by atoms with Gasteiger partial charge >= 0.3 is 0 Å². The average molecular weight is 319 g/mol. The topological polar surface area (TPSA) is 37.3 Å². The van der Waals surface area contributed by atoms with Crippen molar-refractivity contribution in [2.75, 3.05) is 0 Å². The van der Waals surface area contributed by atoms with Gasteiger partial charge in [0.05, 0.1) is 5.60 Å². The van der Waals surface area contributed by atoms with Crippen LogP contribution in [0.3, 0.4) is 0 Å². The van der Waals surface area contributed by atoms with Gasteiger partial charge in [-0.05, 0) is 68.8 Å². The third kappa shape index (κ3) is 3.47. The van der Waals surface area contributed by atoms with E-state index in [9.17, 15) is 9.90 Å². The summed E-state index contributed by atoms with van der Waals surface area (Å²) in [6.07, 6.45) is 8.46. The highest BCUT2D eigenvalue weighted by atomic mass is 16.3. The number of aliphatic hydroxyl groups is 1. The van der Waals surface area contributed by atoms with Crippen molar-refractivity contribution in [3.05, 3.63) is 23.3 Å². The van der Waals surface area contributed by atoms with Gasteiger partial charge in [0.25, 0.3) is 0 Å². The summed E-state index contributed by atoms with van der Waals surface area (Å²) >= 11 is 0. The number of rotatable bonds is 1. The molecule has 0 heterocycles. The molecule has 2 heteroatoms. The molecule has 0 saturated heterocycles. The molecule has 0 aromatic carbocycles. The highest BCUT2D eigenvalue weighted by Gasteiger charge is 2.56. The van der Waals surface area contributed by atoms with Gasteiger partial charge in [-0.3, -0.25) is 4.79 Å². The minimum absolute atomic E-state index is 0.105. The third-order valence-electron chi connectivity index (χ3n) is 6.73. The minimum Gasteiger partial charge on any atom is -0.389 e. The Morgan fingerprint density at radius 3 is 2.48 bits per heavy atom. The van der Waals surface area contributed by atoms with E-state index in [4.69, 9.17) is 0 Å². The molecule has 1 N–H and O–H groups in total. The molecular formula is C21H34O2. The SMILES string of the molecule is C/C1=C\C(=O)C/C(C)=C/C(C)[C@]2(C)CC[C@](O)(C(C)C)[C@H]2CC1. The van der Waals surface area contributed by atoms with Crippen molar-refractivity contribution in [1.82, 2.24) is 0 Å². The second kappa shape index (κ2) is 6.55. The van der Waals surface area contributed by atoms with E-state index in [2.05, 4.69) is 47.6 Å². The summed E-state index contributed by atoms with van der Waals surface area (Å²) in [5.74, 6) is 1.14. The van der Waals surface area contributed by atoms with Crippen LogP contribution < -0.4 is 0 Å². The van der Waals surface area contributed by atoms with Crippen LogP contribution in [0, 0.1) is 23.2 Å². The maximum Gasteiger partial charge on any atom is 0.159 e. The van der Waals surface area contributed by atoms with Crippen molar-refractivity contribution in [2.24, 2.45) is 23.2 Å². The average Bonchev–Trinajstić information content (AvgIpc) is 2.69. The highest BCUT2D eigenvalue weighted by Crippen LogP contribution is 2.58. The lowest BCUT2D eigenvalue weighted by Crippen LogP contribution is -2.45. The second-order valence-corrected chi connectivity index (χ2v) is 8.68. The lowest BCUT2D eigenvalue weighted by atomic mass is 9.64. The number of carbonyl (C=O) groups is 1. The van der Waals surface area contributed by atoms with Gasteiger partial charge in [-0.2, -0.15) is 0 Å². The number of fused-ring (bicyclic) bond motifs is 1. The summed E-state index contributed by atoms with van der Waals surface area (Å²) in [4.78, 5) is 12.1. The lowest BCUT2D eigenvalue weighted by Gasteiger charge is -2.43. The van der Waals surface area contributed by atoms with Crippen molar-refractivity contribution in [3.63, 3.8) is 0 Å². The molecule has 0 aromatic rings. The van der Waals surface area contributed by atoms with Crippen molar-refractivity contribution in [2.45, 2.75) is 79.2 Å². The van der Waals surface area contributed by atoms with Gasteiger partial charge in [0.15, 0.2) is 5.78 Å². The zero-order chi connectivity index (χ0) is 17.4. The van der Waals surface area contributed by atoms with E-state index in [1.807, 2.05) is 6.08 Å². The van der Waals surface area contributed by atoms with E-state index in [-0.39, 0.29) is 23.0 Å². The number of allylic oxidation sites excluding steroid dienone is 4. The molecule has 0 amide bonds. The van der Waals surface area contributed by atoms with Crippen molar-refractivity contribution in [1.29, 1.82) is 0 Å². The van der Waals surface area contributed by atoms with Crippen LogP contribution >= 0.6 is 0 Å². The first-order valence-electron chi connectivity index (χ1n) is 9.19. The molecule has 4 atom stereocenters. The Balaban J connectivity index is 2.46. The van der Waals surface area contributed by atoms with E-state index in [1.165, 1.54) is 0 Å². The van der Waals surface area contributed by atoms with E-state index in [0.29, 0.717) is 12.3 Å². The highest BCUT2D eigenvalue weighted by molar-refractivity contribution is 5.91. The molecule has 0 aromatic heterocycles. The first-order chi connectivity index (χ1) is 10.6. The predicted molar refractivity (Wildman–Crippen MR) is 96.2 cm³/mol. The minimum atomic E-state index is -0.580. The Labute approximate surface area is 142 Å². The number of carbonyl (C=O) groups excluding carboxylic acids is 1. The Morgan fingerprint density at radius 1 is 1.22 bits per heavy atom. The maximum atomic E-state index is 12.1. The van der Waals surface area contributed by atoms with Crippen molar-refractivity contribution in [3.8, 4) is 0 Å². The van der Waals surface area contributed by atoms with Gasteiger partial charge in [0.2, 0.25) is 0 Å². The van der Waals surface area contributed by atoms with Gasteiger partial charge in [-0.25, -0.2) is 0 Å². The van der Waals surface area contributed by atoms with Crippen LogP contribution in [0.1, 0.15) is 73.6 Å². The fourth-order valence-electron chi connectivity index (χ4n) is 4.93. The predicted octanol–water partition coefficient (Wildman–Crippen LogP) is 5.07. The molecule has 23 heavy (non-hydrogen) atoms. The van der Waals surface area contributed by atoms with Gasteiger partial charge in [0, 0.05) is 6.42 Å². The summed E-state index contributed by atoms with van der Waals surface area (Å²) in [7, 11) is 0. The normalized spacial score (nSPS) is 44.1. The van der Waals surface area contributed by atoms with Crippen molar-refractivity contribution >= 4 is 5.78 Å². The molecular weight excluding hydrogens is 284 g/mol. The fraction of sp³-hybridized carbons (Fsp3) is 0.762. The van der Waals surface area contributed by atoms with Crippen molar-refractivity contribution < 1.29 is 9.90 Å². The molecule has 0 aliphatic heterocycles. The van der Waals surface area contributed by atoms with E-state index in [1.54, 1.807) is 0 Å². The Morgan fingerprint density at radius 2 is 1.87 bits per heavy atom. The monoisotopic (exact) mass is 318 g/mol. The van der Waals surface area contributed by atoms with Gasteiger partial charge < -0.3 is 5.11 Å². The molecule has 0 bridgehead atoms. The van der Waals surface area contributed by atoms with E-state index >= 15 is 0 Å². The zero-order valence-corrected chi connectivity index (χ0v) is 15.8. The van der Waals surface area contributed by atoms with E-state index in [0.717, 1.165) is 36.8 Å². The molecule has 130 valence electrons. The van der Waals surface area contributed by atoms with E-state index < -0.39 is 5.60 Å². The second-order valence-electron chi connectivity index (χ2n) is 8.68. The van der Waals surface area contributed by atoms with Crippen LogP contribution in [0.25, 0.3) is 0 Å². The Bertz CT molecular complexity index is 528. The molecule has 2 rings (SSSR count). The molecule has 0 radical (unpaired) electrons. The lowest BCUT2D eigenvalue weighted by molar-refractivity contribution is -0.114. The first kappa shape index (κ1) is 18.4. The van der Waals surface area contributed by atoms with Crippen LogP contribution in [0.4, 0.5) is 0 Å². The van der Waals surface area contributed by atoms with Crippen LogP contribution in [-0.2, 0) is 4.79 Å². The number of hydrogen-bond acceptors (Lipinski definition) is 2. The smallest absolute Gasteiger partial charge is 0.159 e. The number of ketones is 1. The summed E-state index contributed by atoms with van der Waals surface area (Å²) < 4.78 is 0. The quantitative estimate of drug-likeness (QED) is 0.685.